The summed E-state index contributed by atoms with van der Waals surface area (Å²) in [6, 6.07) is 13.4. The molecular formula is C33H42F2N4O5S. The Morgan fingerprint density at radius 3 is 2.02 bits per heavy atom. The fourth-order valence-corrected chi connectivity index (χ4v) is 5.69. The molecule has 3 aromatic rings. The van der Waals surface area contributed by atoms with Crippen molar-refractivity contribution in [2.45, 2.75) is 58.7 Å². The number of nitrogens with two attached hydrogens (primary N) is 1. The molecule has 0 spiro atoms. The largest absolute Gasteiger partial charge is 0.390 e. The zero-order chi connectivity index (χ0) is 33.3. The van der Waals surface area contributed by atoms with Crippen molar-refractivity contribution in [2.24, 2.45) is 5.73 Å². The summed E-state index contributed by atoms with van der Waals surface area (Å²) in [5.41, 5.74) is 8.64. The standard InChI is InChI=1S/C33H42F2N4O5S/c1-5-10-38(11-6-2)32(41)25-12-22(3)13-26(18-25)33(42)39(20-23-8-7-9-29(16-23)37-45(4,43)44)21-31(40)30(36)17-24-14-27(34)19-28(35)15-24/h7-9,12-16,18-19,30-31,37,40H,5-6,10-11,17,20-21,36H2,1-4H3/t30-,31+/m0/s1. The van der Waals surface area contributed by atoms with E-state index >= 15 is 0 Å². The van der Waals surface area contributed by atoms with E-state index in [4.69, 9.17) is 5.73 Å². The molecule has 9 nitrogen and oxygen atoms in total. The van der Waals surface area contributed by atoms with Crippen molar-refractivity contribution < 1.29 is 31.9 Å². The second-order valence-electron chi connectivity index (χ2n) is 11.4. The second-order valence-corrected chi connectivity index (χ2v) is 13.1. The summed E-state index contributed by atoms with van der Waals surface area (Å²) in [5.74, 6) is -2.22. The van der Waals surface area contributed by atoms with E-state index in [1.54, 1.807) is 48.2 Å². The number of rotatable bonds is 15. The molecule has 3 aromatic carbocycles. The van der Waals surface area contributed by atoms with E-state index in [1.807, 2.05) is 13.8 Å². The van der Waals surface area contributed by atoms with Gasteiger partial charge in [0.1, 0.15) is 11.6 Å². The van der Waals surface area contributed by atoms with Gasteiger partial charge >= 0.3 is 0 Å². The Labute approximate surface area is 264 Å². The van der Waals surface area contributed by atoms with Crippen LogP contribution in [0.5, 0.6) is 0 Å². The Bertz CT molecular complexity index is 1580. The van der Waals surface area contributed by atoms with Crippen LogP contribution in [0, 0.1) is 18.6 Å². The number of aryl methyl sites for hydroxylation is 1. The zero-order valence-electron chi connectivity index (χ0n) is 26.1. The van der Waals surface area contributed by atoms with E-state index in [0.29, 0.717) is 35.5 Å². The van der Waals surface area contributed by atoms with Crippen molar-refractivity contribution >= 4 is 27.5 Å². The van der Waals surface area contributed by atoms with Gasteiger partial charge in [-0.3, -0.25) is 14.3 Å². The minimum Gasteiger partial charge on any atom is -0.390 e. The summed E-state index contributed by atoms with van der Waals surface area (Å²) < 4.78 is 53.5. The Hall–Kier alpha value is -3.87. The van der Waals surface area contributed by atoms with Crippen LogP contribution in [0.2, 0.25) is 0 Å². The number of sulfonamides is 1. The van der Waals surface area contributed by atoms with E-state index in [2.05, 4.69) is 4.72 Å². The number of hydrogen-bond donors (Lipinski definition) is 3. The molecule has 4 N–H and O–H groups in total. The highest BCUT2D eigenvalue weighted by molar-refractivity contribution is 7.92. The summed E-state index contributed by atoms with van der Waals surface area (Å²) in [4.78, 5) is 30.5. The van der Waals surface area contributed by atoms with Crippen molar-refractivity contribution in [1.29, 1.82) is 0 Å². The zero-order valence-corrected chi connectivity index (χ0v) is 26.9. The third-order valence-electron chi connectivity index (χ3n) is 7.03. The van der Waals surface area contributed by atoms with Crippen LogP contribution < -0.4 is 10.5 Å². The Balaban J connectivity index is 1.95. The fraction of sp³-hybridized carbons (Fsp3) is 0.394. The van der Waals surface area contributed by atoms with Crippen LogP contribution >= 0.6 is 0 Å². The monoisotopic (exact) mass is 644 g/mol. The van der Waals surface area contributed by atoms with Crippen LogP contribution in [-0.2, 0) is 23.0 Å². The minimum atomic E-state index is -3.56. The number of nitrogens with zero attached hydrogens (tertiary/aromatic N) is 2. The molecule has 12 heteroatoms. The number of carbonyl (C=O) groups is 2. The average Bonchev–Trinajstić information content (AvgIpc) is 2.94. The predicted octanol–water partition coefficient (Wildman–Crippen LogP) is 4.48. The molecule has 2 atom stereocenters. The normalized spacial score (nSPS) is 12.8. The van der Waals surface area contributed by atoms with Crippen LogP contribution in [0.15, 0.2) is 60.7 Å². The Kier molecular flexibility index (Phi) is 12.6. The van der Waals surface area contributed by atoms with Crippen molar-refractivity contribution in [3.05, 3.63) is 100 Å². The maximum Gasteiger partial charge on any atom is 0.254 e. The van der Waals surface area contributed by atoms with E-state index in [0.717, 1.165) is 37.3 Å². The number of aliphatic hydroxyl groups excluding tert-OH is 1. The number of nitrogens with one attached hydrogen (secondary N) is 1. The number of hydrogen-bond acceptors (Lipinski definition) is 6. The van der Waals surface area contributed by atoms with Crippen LogP contribution in [0.3, 0.4) is 0 Å². The van der Waals surface area contributed by atoms with Crippen LogP contribution in [-0.4, -0.2) is 73.2 Å². The first-order chi connectivity index (χ1) is 21.2. The molecule has 0 bridgehead atoms. The molecule has 45 heavy (non-hydrogen) atoms. The van der Waals surface area contributed by atoms with Crippen molar-refractivity contribution in [3.8, 4) is 0 Å². The molecule has 0 aliphatic rings. The number of carbonyl (C=O) groups excluding carboxylic acids is 2. The van der Waals surface area contributed by atoms with Gasteiger partial charge in [0, 0.05) is 55.1 Å². The molecule has 0 unspecified atom stereocenters. The van der Waals surface area contributed by atoms with Gasteiger partial charge < -0.3 is 20.6 Å². The number of amides is 2. The molecule has 0 heterocycles. The second kappa shape index (κ2) is 15.9. The van der Waals surface area contributed by atoms with Gasteiger partial charge in [0.05, 0.1) is 12.4 Å². The van der Waals surface area contributed by atoms with Gasteiger partial charge in [-0.2, -0.15) is 0 Å². The topological polar surface area (TPSA) is 133 Å². The molecule has 0 aliphatic carbocycles. The molecule has 244 valence electrons. The van der Waals surface area contributed by atoms with Gasteiger partial charge in [-0.05, 0) is 85.3 Å². The summed E-state index contributed by atoms with van der Waals surface area (Å²) >= 11 is 0. The number of anilines is 1. The maximum atomic E-state index is 14.1. The highest BCUT2D eigenvalue weighted by Gasteiger charge is 2.26. The van der Waals surface area contributed by atoms with E-state index < -0.39 is 39.7 Å². The van der Waals surface area contributed by atoms with Crippen molar-refractivity contribution in [3.63, 3.8) is 0 Å². The van der Waals surface area contributed by atoms with Crippen LogP contribution in [0.4, 0.5) is 14.5 Å². The number of halogens is 2. The van der Waals surface area contributed by atoms with Gasteiger partial charge in [-0.15, -0.1) is 0 Å². The average molecular weight is 645 g/mol. The van der Waals surface area contributed by atoms with Crippen LogP contribution in [0.25, 0.3) is 0 Å². The molecule has 3 rings (SSSR count). The van der Waals surface area contributed by atoms with Crippen molar-refractivity contribution in [1.82, 2.24) is 9.80 Å². The number of benzene rings is 3. The van der Waals surface area contributed by atoms with Gasteiger partial charge in [0.2, 0.25) is 10.0 Å². The van der Waals surface area contributed by atoms with Gasteiger partial charge in [-0.25, -0.2) is 17.2 Å². The third kappa shape index (κ3) is 10.9. The van der Waals surface area contributed by atoms with Gasteiger partial charge in [-0.1, -0.05) is 26.0 Å². The highest BCUT2D eigenvalue weighted by atomic mass is 32.2. The summed E-state index contributed by atoms with van der Waals surface area (Å²) in [6.45, 7) is 6.62. The maximum absolute atomic E-state index is 14.1. The first kappa shape index (κ1) is 35.6. The van der Waals surface area contributed by atoms with E-state index in [1.165, 1.54) is 11.0 Å². The van der Waals surface area contributed by atoms with Gasteiger partial charge in [0.25, 0.3) is 11.8 Å². The molecule has 0 saturated carbocycles. The third-order valence-corrected chi connectivity index (χ3v) is 7.64. The molecule has 0 radical (unpaired) electrons. The molecule has 0 fully saturated rings. The van der Waals surface area contributed by atoms with Crippen LogP contribution in [0.1, 0.15) is 64.1 Å². The number of aliphatic hydroxyl groups is 1. The fourth-order valence-electron chi connectivity index (χ4n) is 5.14. The lowest BCUT2D eigenvalue weighted by molar-refractivity contribution is 0.0554. The summed E-state index contributed by atoms with van der Waals surface area (Å²) in [6.07, 6.45) is 1.24. The van der Waals surface area contributed by atoms with Gasteiger partial charge in [0.15, 0.2) is 0 Å². The summed E-state index contributed by atoms with van der Waals surface area (Å²) in [7, 11) is -3.56. The lowest BCUT2D eigenvalue weighted by atomic mass is 10.00. The lowest BCUT2D eigenvalue weighted by Crippen LogP contribution is -2.46. The molecule has 0 aromatic heterocycles. The lowest BCUT2D eigenvalue weighted by Gasteiger charge is -2.29. The first-order valence-corrected chi connectivity index (χ1v) is 16.7. The smallest absolute Gasteiger partial charge is 0.254 e. The summed E-state index contributed by atoms with van der Waals surface area (Å²) in [5, 5.41) is 11.1. The predicted molar refractivity (Wildman–Crippen MR) is 171 cm³/mol. The molecule has 0 aliphatic heterocycles. The van der Waals surface area contributed by atoms with Crippen molar-refractivity contribution in [2.75, 3.05) is 30.6 Å². The van der Waals surface area contributed by atoms with E-state index in [-0.39, 0.29) is 36.5 Å². The minimum absolute atomic E-state index is 0.0362. The molecular weight excluding hydrogens is 602 g/mol. The molecule has 2 amide bonds. The first-order valence-electron chi connectivity index (χ1n) is 14.8. The van der Waals surface area contributed by atoms with E-state index in [9.17, 15) is 31.9 Å². The quantitative estimate of drug-likeness (QED) is 0.224. The Morgan fingerprint density at radius 1 is 0.889 bits per heavy atom. The molecule has 0 saturated heterocycles. The highest BCUT2D eigenvalue weighted by Crippen LogP contribution is 2.20. The Morgan fingerprint density at radius 2 is 1.47 bits per heavy atom. The SMILES string of the molecule is CCCN(CCC)C(=O)c1cc(C)cc(C(=O)N(Cc2cccc(NS(C)(=O)=O)c2)C[C@@H](O)[C@@H](N)Cc2cc(F)cc(F)c2)c1.